The number of anilines is 2. The van der Waals surface area contributed by atoms with E-state index in [1.54, 1.807) is 0 Å². The van der Waals surface area contributed by atoms with Gasteiger partial charge in [-0.2, -0.15) is 5.10 Å². The van der Waals surface area contributed by atoms with Crippen LogP contribution in [0.1, 0.15) is 26.5 Å². The lowest BCUT2D eigenvalue weighted by molar-refractivity contribution is 0.0388. The third-order valence-corrected chi connectivity index (χ3v) is 4.82. The van der Waals surface area contributed by atoms with Crippen molar-refractivity contribution in [1.82, 2.24) is 20.0 Å². The molecular weight excluding hydrogens is 394 g/mol. The average molecular weight is 422 g/mol. The van der Waals surface area contributed by atoms with Gasteiger partial charge in [0.15, 0.2) is 5.82 Å². The smallest absolute Gasteiger partial charge is 0.319 e. The Balaban J connectivity index is 1.78. The number of benzene rings is 1. The van der Waals surface area contributed by atoms with Crippen molar-refractivity contribution in [2.75, 3.05) is 50.4 Å². The van der Waals surface area contributed by atoms with Crippen molar-refractivity contribution >= 4 is 17.5 Å². The van der Waals surface area contributed by atoms with E-state index in [2.05, 4.69) is 20.6 Å². The van der Waals surface area contributed by atoms with Crippen LogP contribution in [0.15, 0.2) is 18.2 Å². The van der Waals surface area contributed by atoms with Crippen molar-refractivity contribution in [2.45, 2.75) is 26.2 Å². The van der Waals surface area contributed by atoms with Crippen LogP contribution in [0.3, 0.4) is 0 Å². The highest BCUT2D eigenvalue weighted by Gasteiger charge is 2.28. The quantitative estimate of drug-likeness (QED) is 0.688. The predicted molar refractivity (Wildman–Crippen MR) is 111 cm³/mol. The Kier molecular flexibility index (Phi) is 6.57. The number of hydrogen-bond donors (Lipinski definition) is 3. The minimum Gasteiger partial charge on any atom is -0.382 e. The minimum atomic E-state index is -0.674. The third kappa shape index (κ3) is 5.06. The Morgan fingerprint density at radius 1 is 1.27 bits per heavy atom. The number of nitrogen functional groups attached to an aromatic ring is 1. The Bertz CT molecular complexity index is 903. The highest BCUT2D eigenvalue weighted by molar-refractivity contribution is 5.93. The highest BCUT2D eigenvalue weighted by atomic mass is 19.1. The first-order chi connectivity index (χ1) is 14.2. The summed E-state index contributed by atoms with van der Waals surface area (Å²) in [7, 11) is 0. The molecule has 8 nitrogen and oxygen atoms in total. The van der Waals surface area contributed by atoms with Crippen molar-refractivity contribution in [1.29, 1.82) is 0 Å². The molecule has 1 aliphatic rings. The molecule has 0 aliphatic carbocycles. The van der Waals surface area contributed by atoms with E-state index >= 15 is 0 Å². The third-order valence-electron chi connectivity index (χ3n) is 4.82. The van der Waals surface area contributed by atoms with Gasteiger partial charge in [-0.15, -0.1) is 0 Å². The van der Waals surface area contributed by atoms with Crippen molar-refractivity contribution in [3.05, 3.63) is 35.5 Å². The van der Waals surface area contributed by atoms with Crippen LogP contribution in [0.25, 0.3) is 5.69 Å². The topological polar surface area (TPSA) is 97.4 Å². The number of nitrogens with two attached hydrogens (primary N) is 1. The molecule has 1 aromatic carbocycles. The zero-order valence-electron chi connectivity index (χ0n) is 17.5. The highest BCUT2D eigenvalue weighted by Crippen LogP contribution is 2.35. The lowest BCUT2D eigenvalue weighted by Gasteiger charge is -2.26. The molecule has 0 unspecified atom stereocenters. The van der Waals surface area contributed by atoms with Gasteiger partial charge in [0.05, 0.1) is 18.9 Å². The average Bonchev–Trinajstić information content (AvgIpc) is 3.01. The van der Waals surface area contributed by atoms with Crippen molar-refractivity contribution in [3.63, 3.8) is 0 Å². The molecule has 0 atom stereocenters. The Morgan fingerprint density at radius 2 is 1.97 bits per heavy atom. The van der Waals surface area contributed by atoms with E-state index in [0.717, 1.165) is 36.0 Å². The zero-order valence-corrected chi connectivity index (χ0v) is 17.5. The number of hydrogen-bond acceptors (Lipinski definition) is 5. The van der Waals surface area contributed by atoms with Crippen LogP contribution in [0.4, 0.5) is 25.1 Å². The van der Waals surface area contributed by atoms with Gasteiger partial charge in [-0.25, -0.2) is 18.3 Å². The lowest BCUT2D eigenvalue weighted by atomic mass is 9.91. The summed E-state index contributed by atoms with van der Waals surface area (Å²) in [5.74, 6) is -1.27. The summed E-state index contributed by atoms with van der Waals surface area (Å²) in [6, 6.07) is 2.59. The van der Waals surface area contributed by atoms with Gasteiger partial charge in [-0.3, -0.25) is 4.90 Å². The van der Waals surface area contributed by atoms with Gasteiger partial charge >= 0.3 is 6.03 Å². The first kappa shape index (κ1) is 22.0. The molecule has 0 spiro atoms. The molecule has 2 aromatic rings. The van der Waals surface area contributed by atoms with E-state index in [-0.39, 0.29) is 17.2 Å². The van der Waals surface area contributed by atoms with Gasteiger partial charge in [0.25, 0.3) is 0 Å². The SMILES string of the molecule is CC(C)(C)c1nn(-c2cc(F)ccc2F)c(N)c1NC(=O)NCCN1CCOCC1. The number of halogens is 2. The normalized spacial score (nSPS) is 15.2. The van der Waals surface area contributed by atoms with E-state index in [0.29, 0.717) is 32.0 Å². The maximum absolute atomic E-state index is 14.3. The molecule has 10 heteroatoms. The van der Waals surface area contributed by atoms with Gasteiger partial charge in [0.2, 0.25) is 0 Å². The summed E-state index contributed by atoms with van der Waals surface area (Å²) in [5, 5.41) is 9.90. The molecule has 2 amide bonds. The second-order valence-electron chi connectivity index (χ2n) is 8.20. The molecule has 1 aromatic heterocycles. The van der Waals surface area contributed by atoms with Gasteiger partial charge in [0.1, 0.15) is 23.0 Å². The van der Waals surface area contributed by atoms with Gasteiger partial charge < -0.3 is 21.1 Å². The largest absolute Gasteiger partial charge is 0.382 e. The molecule has 30 heavy (non-hydrogen) atoms. The summed E-state index contributed by atoms with van der Waals surface area (Å²) in [4.78, 5) is 14.7. The number of morpholine rings is 1. The molecule has 0 radical (unpaired) electrons. The number of rotatable bonds is 5. The van der Waals surface area contributed by atoms with Crippen molar-refractivity contribution in [2.24, 2.45) is 0 Å². The van der Waals surface area contributed by atoms with E-state index in [9.17, 15) is 13.6 Å². The number of ether oxygens (including phenoxy) is 1. The molecule has 4 N–H and O–H groups in total. The summed E-state index contributed by atoms with van der Waals surface area (Å²) >= 11 is 0. The first-order valence-electron chi connectivity index (χ1n) is 9.86. The standard InChI is InChI=1S/C20H28F2N6O2/c1-20(2,3)17-16(25-19(29)24-6-7-27-8-10-30-11-9-27)18(23)28(26-17)15-12-13(21)4-5-14(15)22/h4-5,12H,6-11,23H2,1-3H3,(H2,24,25,29). The molecule has 1 fully saturated rings. The van der Waals surface area contributed by atoms with Crippen LogP contribution in [-0.4, -0.2) is 60.1 Å². The molecule has 2 heterocycles. The number of aromatic nitrogens is 2. The number of carbonyl (C=O) groups is 1. The fourth-order valence-electron chi connectivity index (χ4n) is 3.22. The fourth-order valence-corrected chi connectivity index (χ4v) is 3.22. The second kappa shape index (κ2) is 8.97. The van der Waals surface area contributed by atoms with Crippen LogP contribution in [-0.2, 0) is 10.2 Å². The fraction of sp³-hybridized carbons (Fsp3) is 0.500. The summed E-state index contributed by atoms with van der Waals surface area (Å²) in [6.07, 6.45) is 0. The monoisotopic (exact) mass is 422 g/mol. The zero-order chi connectivity index (χ0) is 21.9. The summed E-state index contributed by atoms with van der Waals surface area (Å²) < 4.78 is 34.4. The molecule has 0 saturated carbocycles. The van der Waals surface area contributed by atoms with Gasteiger partial charge in [-0.05, 0) is 12.1 Å². The molecule has 1 saturated heterocycles. The summed E-state index contributed by atoms with van der Waals surface area (Å²) in [6.45, 7) is 9.86. The van der Waals surface area contributed by atoms with E-state index in [1.165, 1.54) is 0 Å². The molecule has 1 aliphatic heterocycles. The van der Waals surface area contributed by atoms with Crippen LogP contribution >= 0.6 is 0 Å². The van der Waals surface area contributed by atoms with Crippen LogP contribution in [0, 0.1) is 11.6 Å². The van der Waals surface area contributed by atoms with Crippen molar-refractivity contribution in [3.8, 4) is 5.69 Å². The van der Waals surface area contributed by atoms with Crippen LogP contribution in [0.2, 0.25) is 0 Å². The maximum Gasteiger partial charge on any atom is 0.319 e. The molecule has 0 bridgehead atoms. The predicted octanol–water partition coefficient (Wildman–Crippen LogP) is 2.48. The summed E-state index contributed by atoms with van der Waals surface area (Å²) in [5.41, 5.74) is 6.30. The first-order valence-corrected chi connectivity index (χ1v) is 9.86. The molecular formula is C20H28F2N6O2. The molecule has 3 rings (SSSR count). The van der Waals surface area contributed by atoms with Gasteiger partial charge in [-0.1, -0.05) is 20.8 Å². The Hall–Kier alpha value is -2.72. The Labute approximate surface area is 174 Å². The van der Waals surface area contributed by atoms with Crippen LogP contribution in [0.5, 0.6) is 0 Å². The molecule has 164 valence electrons. The number of nitrogens with one attached hydrogen (secondary N) is 2. The number of nitrogens with zero attached hydrogens (tertiary/aromatic N) is 3. The van der Waals surface area contributed by atoms with E-state index in [1.807, 2.05) is 20.8 Å². The van der Waals surface area contributed by atoms with E-state index < -0.39 is 23.1 Å². The Morgan fingerprint density at radius 3 is 2.63 bits per heavy atom. The number of urea groups is 1. The van der Waals surface area contributed by atoms with Crippen LogP contribution < -0.4 is 16.4 Å². The van der Waals surface area contributed by atoms with Crippen molar-refractivity contribution < 1.29 is 18.3 Å². The van der Waals surface area contributed by atoms with E-state index in [4.69, 9.17) is 10.5 Å². The lowest BCUT2D eigenvalue weighted by Crippen LogP contribution is -2.42. The second-order valence-corrected chi connectivity index (χ2v) is 8.20. The maximum atomic E-state index is 14.3. The number of amides is 2. The van der Waals surface area contributed by atoms with Gasteiger partial charge in [0, 0.05) is 37.7 Å². The number of carbonyl (C=O) groups excluding carboxylic acids is 1. The minimum absolute atomic E-state index is 0.0211.